The van der Waals surface area contributed by atoms with E-state index in [9.17, 15) is 0 Å². The Morgan fingerprint density at radius 2 is 1.89 bits per heavy atom. The predicted octanol–water partition coefficient (Wildman–Crippen LogP) is 4.93. The molecule has 1 atom stereocenters. The number of nitrogens with one attached hydrogen (secondary N) is 1. The zero-order valence-corrected chi connectivity index (χ0v) is 13.0. The molecule has 0 amide bonds. The lowest BCUT2D eigenvalue weighted by Gasteiger charge is -2.27. The molecular formula is C16H24BrN. The van der Waals surface area contributed by atoms with E-state index in [0.717, 1.165) is 18.4 Å². The van der Waals surface area contributed by atoms with Gasteiger partial charge in [0.1, 0.15) is 0 Å². The Morgan fingerprint density at radius 3 is 2.56 bits per heavy atom. The van der Waals surface area contributed by atoms with Gasteiger partial charge >= 0.3 is 0 Å². The molecule has 0 radical (unpaired) electrons. The van der Waals surface area contributed by atoms with Gasteiger partial charge in [0.25, 0.3) is 0 Å². The molecule has 2 heteroatoms. The standard InChI is InChI=1S/C16H24BrN/c1-12-7-9-14(10-8-12)11-18-13(2)15-5-3-4-6-16(15)17/h3-6,12-14,18H,7-11H2,1-2H3/t12?,13-,14?/m0/s1. The van der Waals surface area contributed by atoms with Gasteiger partial charge in [-0.15, -0.1) is 0 Å². The molecule has 1 aliphatic rings. The van der Waals surface area contributed by atoms with E-state index < -0.39 is 0 Å². The van der Waals surface area contributed by atoms with Gasteiger partial charge in [0, 0.05) is 10.5 Å². The largest absolute Gasteiger partial charge is 0.310 e. The summed E-state index contributed by atoms with van der Waals surface area (Å²) in [5, 5.41) is 3.69. The maximum absolute atomic E-state index is 3.69. The Kier molecular flexibility index (Phi) is 5.25. The third-order valence-corrected chi connectivity index (χ3v) is 4.94. The van der Waals surface area contributed by atoms with Crippen LogP contribution in [0.5, 0.6) is 0 Å². The van der Waals surface area contributed by atoms with E-state index in [1.165, 1.54) is 35.7 Å². The van der Waals surface area contributed by atoms with Crippen LogP contribution in [0.25, 0.3) is 0 Å². The summed E-state index contributed by atoms with van der Waals surface area (Å²) in [6, 6.07) is 8.93. The lowest BCUT2D eigenvalue weighted by molar-refractivity contribution is 0.276. The molecule has 1 saturated carbocycles. The van der Waals surface area contributed by atoms with Crippen molar-refractivity contribution >= 4 is 15.9 Å². The topological polar surface area (TPSA) is 12.0 Å². The first kappa shape index (κ1) is 14.1. The molecule has 0 heterocycles. The van der Waals surface area contributed by atoms with Crippen LogP contribution in [-0.2, 0) is 0 Å². The lowest BCUT2D eigenvalue weighted by Crippen LogP contribution is -2.28. The van der Waals surface area contributed by atoms with Gasteiger partial charge in [-0.05, 0) is 49.8 Å². The van der Waals surface area contributed by atoms with E-state index in [0.29, 0.717) is 6.04 Å². The van der Waals surface area contributed by atoms with Crippen LogP contribution >= 0.6 is 15.9 Å². The van der Waals surface area contributed by atoms with Crippen LogP contribution in [0.15, 0.2) is 28.7 Å². The minimum absolute atomic E-state index is 0.430. The average Bonchev–Trinajstić information content (AvgIpc) is 2.38. The van der Waals surface area contributed by atoms with Crippen molar-refractivity contribution in [3.05, 3.63) is 34.3 Å². The smallest absolute Gasteiger partial charge is 0.0303 e. The molecule has 0 saturated heterocycles. The van der Waals surface area contributed by atoms with Crippen molar-refractivity contribution in [2.24, 2.45) is 11.8 Å². The Morgan fingerprint density at radius 1 is 1.22 bits per heavy atom. The van der Waals surface area contributed by atoms with E-state index in [2.05, 4.69) is 59.4 Å². The number of benzene rings is 1. The highest BCUT2D eigenvalue weighted by molar-refractivity contribution is 9.10. The number of halogens is 1. The molecule has 0 aliphatic heterocycles. The summed E-state index contributed by atoms with van der Waals surface area (Å²) < 4.78 is 1.21. The molecule has 0 spiro atoms. The molecular weight excluding hydrogens is 286 g/mol. The van der Waals surface area contributed by atoms with Crippen molar-refractivity contribution < 1.29 is 0 Å². The summed E-state index contributed by atoms with van der Waals surface area (Å²) >= 11 is 3.63. The molecule has 0 bridgehead atoms. The Hall–Kier alpha value is -0.340. The zero-order chi connectivity index (χ0) is 13.0. The van der Waals surface area contributed by atoms with Gasteiger partial charge in [-0.3, -0.25) is 0 Å². The van der Waals surface area contributed by atoms with Gasteiger partial charge in [0.2, 0.25) is 0 Å². The van der Waals surface area contributed by atoms with E-state index in [1.807, 2.05) is 0 Å². The highest BCUT2D eigenvalue weighted by atomic mass is 79.9. The third kappa shape index (κ3) is 3.83. The fraction of sp³-hybridized carbons (Fsp3) is 0.625. The summed E-state index contributed by atoms with van der Waals surface area (Å²) in [5.74, 6) is 1.83. The second-order valence-corrected chi connectivity index (χ2v) is 6.63. The third-order valence-electron chi connectivity index (χ3n) is 4.22. The van der Waals surface area contributed by atoms with Crippen LogP contribution in [0.1, 0.15) is 51.1 Å². The summed E-state index contributed by atoms with van der Waals surface area (Å²) in [5.41, 5.74) is 1.36. The minimum atomic E-state index is 0.430. The molecule has 1 aliphatic carbocycles. The van der Waals surface area contributed by atoms with Crippen molar-refractivity contribution in [1.82, 2.24) is 5.32 Å². The van der Waals surface area contributed by atoms with Crippen molar-refractivity contribution in [2.75, 3.05) is 6.54 Å². The van der Waals surface area contributed by atoms with Crippen LogP contribution in [0.4, 0.5) is 0 Å². The van der Waals surface area contributed by atoms with Gasteiger partial charge in [-0.25, -0.2) is 0 Å². The second-order valence-electron chi connectivity index (χ2n) is 5.78. The zero-order valence-electron chi connectivity index (χ0n) is 11.5. The maximum Gasteiger partial charge on any atom is 0.0303 e. The second kappa shape index (κ2) is 6.72. The fourth-order valence-corrected chi connectivity index (χ4v) is 3.44. The van der Waals surface area contributed by atoms with E-state index in [4.69, 9.17) is 0 Å². The predicted molar refractivity (Wildman–Crippen MR) is 81.7 cm³/mol. The molecule has 1 aromatic carbocycles. The summed E-state index contributed by atoms with van der Waals surface area (Å²) in [7, 11) is 0. The first-order valence-electron chi connectivity index (χ1n) is 7.14. The number of hydrogen-bond acceptors (Lipinski definition) is 1. The Balaban J connectivity index is 1.81. The van der Waals surface area contributed by atoms with Crippen molar-refractivity contribution in [2.45, 2.75) is 45.6 Å². The van der Waals surface area contributed by atoms with Gasteiger partial charge in [0.05, 0.1) is 0 Å². The van der Waals surface area contributed by atoms with E-state index >= 15 is 0 Å². The number of rotatable bonds is 4. The van der Waals surface area contributed by atoms with Crippen LogP contribution in [0.3, 0.4) is 0 Å². The van der Waals surface area contributed by atoms with Gasteiger partial charge in [-0.2, -0.15) is 0 Å². The lowest BCUT2D eigenvalue weighted by atomic mass is 9.83. The number of hydrogen-bond donors (Lipinski definition) is 1. The van der Waals surface area contributed by atoms with Crippen LogP contribution < -0.4 is 5.32 Å². The molecule has 0 aromatic heterocycles. The van der Waals surface area contributed by atoms with Crippen molar-refractivity contribution in [3.63, 3.8) is 0 Å². The van der Waals surface area contributed by atoms with Gasteiger partial charge in [0.15, 0.2) is 0 Å². The summed E-state index contributed by atoms with van der Waals surface area (Å²) in [4.78, 5) is 0. The van der Waals surface area contributed by atoms with E-state index in [1.54, 1.807) is 0 Å². The molecule has 1 N–H and O–H groups in total. The monoisotopic (exact) mass is 309 g/mol. The first-order chi connectivity index (χ1) is 8.66. The van der Waals surface area contributed by atoms with E-state index in [-0.39, 0.29) is 0 Å². The Bertz CT molecular complexity index is 369. The van der Waals surface area contributed by atoms with Crippen LogP contribution in [-0.4, -0.2) is 6.54 Å². The van der Waals surface area contributed by atoms with Crippen molar-refractivity contribution in [3.8, 4) is 0 Å². The van der Waals surface area contributed by atoms with Gasteiger partial charge in [-0.1, -0.05) is 53.9 Å². The first-order valence-corrected chi connectivity index (χ1v) is 7.94. The molecule has 1 fully saturated rings. The highest BCUT2D eigenvalue weighted by Crippen LogP contribution is 2.29. The summed E-state index contributed by atoms with van der Waals surface area (Å²) in [6.07, 6.45) is 5.62. The molecule has 1 nitrogen and oxygen atoms in total. The average molecular weight is 310 g/mol. The molecule has 18 heavy (non-hydrogen) atoms. The maximum atomic E-state index is 3.69. The molecule has 1 aromatic rings. The minimum Gasteiger partial charge on any atom is -0.310 e. The normalized spacial score (nSPS) is 25.9. The highest BCUT2D eigenvalue weighted by Gasteiger charge is 2.19. The SMILES string of the molecule is CC1CCC(CN[C@@H](C)c2ccccc2Br)CC1. The van der Waals surface area contributed by atoms with Crippen LogP contribution in [0.2, 0.25) is 0 Å². The molecule has 2 rings (SSSR count). The van der Waals surface area contributed by atoms with Crippen molar-refractivity contribution in [1.29, 1.82) is 0 Å². The molecule has 100 valence electrons. The summed E-state index contributed by atoms with van der Waals surface area (Å²) in [6.45, 7) is 5.80. The van der Waals surface area contributed by atoms with Gasteiger partial charge < -0.3 is 5.32 Å². The quantitative estimate of drug-likeness (QED) is 0.832. The fourth-order valence-electron chi connectivity index (χ4n) is 2.81. The molecule has 0 unspecified atom stereocenters. The Labute approximate surface area is 119 Å². The van der Waals surface area contributed by atoms with Crippen LogP contribution in [0, 0.1) is 11.8 Å².